The maximum absolute atomic E-state index is 10.3. The summed E-state index contributed by atoms with van der Waals surface area (Å²) in [7, 11) is 0. The average Bonchev–Trinajstić information content (AvgIpc) is 2.42. The number of rotatable bonds is 5. The molecular formula is C12H11N5O. The van der Waals surface area contributed by atoms with E-state index in [0.717, 1.165) is 5.69 Å². The zero-order valence-corrected chi connectivity index (χ0v) is 9.42. The fraction of sp³-hybridized carbons (Fsp3) is 0. The van der Waals surface area contributed by atoms with Gasteiger partial charge in [0.15, 0.2) is 0 Å². The maximum Gasteiger partial charge on any atom is 0.212 e. The first-order valence-electron chi connectivity index (χ1n) is 5.21. The standard InChI is InChI=1S/C12H11N5O/c13-6-9-5-12(16-8-18)15-7-11(9)17-10-1-3-14-4-2-10/h1-8,13H,(H,14,17)(H,15,16,18). The van der Waals surface area contributed by atoms with Crippen LogP contribution in [0.3, 0.4) is 0 Å². The largest absolute Gasteiger partial charge is 0.354 e. The Balaban J connectivity index is 2.27. The molecule has 2 aromatic heterocycles. The molecule has 18 heavy (non-hydrogen) atoms. The molecule has 1 amide bonds. The monoisotopic (exact) mass is 241 g/mol. The predicted octanol–water partition coefficient (Wildman–Crippen LogP) is 1.79. The van der Waals surface area contributed by atoms with E-state index in [1.807, 2.05) is 12.1 Å². The van der Waals surface area contributed by atoms with E-state index in [4.69, 9.17) is 5.41 Å². The highest BCUT2D eigenvalue weighted by molar-refractivity contribution is 5.89. The molecule has 0 aliphatic rings. The van der Waals surface area contributed by atoms with Crippen molar-refractivity contribution in [3.63, 3.8) is 0 Å². The van der Waals surface area contributed by atoms with Gasteiger partial charge in [0.1, 0.15) is 5.82 Å². The Kier molecular flexibility index (Phi) is 3.60. The zero-order valence-electron chi connectivity index (χ0n) is 9.42. The Hall–Kier alpha value is -2.76. The fourth-order valence-corrected chi connectivity index (χ4v) is 1.42. The molecule has 3 N–H and O–H groups in total. The summed E-state index contributed by atoms with van der Waals surface area (Å²) in [6.45, 7) is 0. The molecule has 0 bridgehead atoms. The van der Waals surface area contributed by atoms with E-state index >= 15 is 0 Å². The van der Waals surface area contributed by atoms with Crippen molar-refractivity contribution in [1.82, 2.24) is 9.97 Å². The molecule has 90 valence electrons. The third kappa shape index (κ3) is 2.67. The molecule has 0 atom stereocenters. The van der Waals surface area contributed by atoms with Crippen molar-refractivity contribution in [2.24, 2.45) is 0 Å². The molecule has 0 aliphatic carbocycles. The van der Waals surface area contributed by atoms with Crippen LogP contribution >= 0.6 is 0 Å². The molecular weight excluding hydrogens is 230 g/mol. The van der Waals surface area contributed by atoms with Crippen LogP contribution < -0.4 is 10.6 Å². The van der Waals surface area contributed by atoms with Crippen molar-refractivity contribution in [3.05, 3.63) is 42.4 Å². The molecule has 0 spiro atoms. The number of carbonyl (C=O) groups excluding carboxylic acids is 1. The van der Waals surface area contributed by atoms with Gasteiger partial charge in [-0.2, -0.15) is 0 Å². The summed E-state index contributed by atoms with van der Waals surface area (Å²) < 4.78 is 0. The van der Waals surface area contributed by atoms with Gasteiger partial charge < -0.3 is 16.0 Å². The highest BCUT2D eigenvalue weighted by atomic mass is 16.1. The summed E-state index contributed by atoms with van der Waals surface area (Å²) in [4.78, 5) is 18.3. The topological polar surface area (TPSA) is 90.8 Å². The molecule has 0 unspecified atom stereocenters. The third-order valence-electron chi connectivity index (χ3n) is 2.26. The van der Waals surface area contributed by atoms with Crippen LogP contribution in [-0.2, 0) is 4.79 Å². The molecule has 0 fully saturated rings. The SMILES string of the molecule is N=Cc1cc(NC=O)ncc1Nc1ccncc1. The van der Waals surface area contributed by atoms with E-state index in [0.29, 0.717) is 23.5 Å². The number of amides is 1. The predicted molar refractivity (Wildman–Crippen MR) is 69.3 cm³/mol. The van der Waals surface area contributed by atoms with Gasteiger partial charge in [0.05, 0.1) is 11.9 Å². The van der Waals surface area contributed by atoms with Crippen LogP contribution in [0, 0.1) is 5.41 Å². The molecule has 2 aromatic rings. The Morgan fingerprint density at radius 1 is 1.28 bits per heavy atom. The fourth-order valence-electron chi connectivity index (χ4n) is 1.42. The molecule has 0 aromatic carbocycles. The Bertz CT molecular complexity index is 556. The van der Waals surface area contributed by atoms with E-state index in [1.54, 1.807) is 24.7 Å². The first-order chi connectivity index (χ1) is 8.83. The van der Waals surface area contributed by atoms with E-state index in [-0.39, 0.29) is 0 Å². The normalized spacial score (nSPS) is 9.56. The zero-order chi connectivity index (χ0) is 12.8. The lowest BCUT2D eigenvalue weighted by Crippen LogP contribution is -2.01. The van der Waals surface area contributed by atoms with Crippen LogP contribution in [0.25, 0.3) is 0 Å². The summed E-state index contributed by atoms with van der Waals surface area (Å²) in [6, 6.07) is 5.24. The molecule has 0 aliphatic heterocycles. The molecule has 0 saturated heterocycles. The van der Waals surface area contributed by atoms with Gasteiger partial charge in [0.25, 0.3) is 0 Å². The molecule has 6 heteroatoms. The van der Waals surface area contributed by atoms with Gasteiger partial charge in [-0.25, -0.2) is 4.98 Å². The first-order valence-corrected chi connectivity index (χ1v) is 5.21. The third-order valence-corrected chi connectivity index (χ3v) is 2.26. The molecule has 0 saturated carbocycles. The van der Waals surface area contributed by atoms with Crippen molar-refractivity contribution in [1.29, 1.82) is 5.41 Å². The lowest BCUT2D eigenvalue weighted by Gasteiger charge is -2.09. The Morgan fingerprint density at radius 2 is 2.06 bits per heavy atom. The smallest absolute Gasteiger partial charge is 0.212 e. The highest BCUT2D eigenvalue weighted by Crippen LogP contribution is 2.20. The minimum absolute atomic E-state index is 0.406. The number of hydrogen-bond donors (Lipinski definition) is 3. The lowest BCUT2D eigenvalue weighted by molar-refractivity contribution is -0.105. The second-order valence-corrected chi connectivity index (χ2v) is 3.42. The average molecular weight is 241 g/mol. The van der Waals surface area contributed by atoms with Gasteiger partial charge in [-0.05, 0) is 18.2 Å². The van der Waals surface area contributed by atoms with Gasteiger partial charge in [0, 0.05) is 29.9 Å². The van der Waals surface area contributed by atoms with Crippen molar-refractivity contribution >= 4 is 29.8 Å². The van der Waals surface area contributed by atoms with Crippen molar-refractivity contribution in [2.45, 2.75) is 0 Å². The van der Waals surface area contributed by atoms with E-state index in [2.05, 4.69) is 20.6 Å². The maximum atomic E-state index is 10.3. The minimum atomic E-state index is 0.406. The van der Waals surface area contributed by atoms with E-state index in [1.165, 1.54) is 6.21 Å². The lowest BCUT2D eigenvalue weighted by atomic mass is 10.2. The van der Waals surface area contributed by atoms with Crippen LogP contribution in [-0.4, -0.2) is 22.6 Å². The summed E-state index contributed by atoms with van der Waals surface area (Å²) >= 11 is 0. The number of hydrogen-bond acceptors (Lipinski definition) is 5. The molecule has 0 radical (unpaired) electrons. The number of nitrogens with one attached hydrogen (secondary N) is 3. The summed E-state index contributed by atoms with van der Waals surface area (Å²) in [5.74, 6) is 0.406. The van der Waals surface area contributed by atoms with Gasteiger partial charge in [-0.3, -0.25) is 9.78 Å². The Morgan fingerprint density at radius 3 is 2.72 bits per heavy atom. The van der Waals surface area contributed by atoms with Gasteiger partial charge in [0.2, 0.25) is 6.41 Å². The summed E-state index contributed by atoms with van der Waals surface area (Å²) in [5, 5.41) is 12.9. The quantitative estimate of drug-likeness (QED) is 0.549. The van der Waals surface area contributed by atoms with Gasteiger partial charge >= 0.3 is 0 Å². The number of nitrogens with zero attached hydrogens (tertiary/aromatic N) is 2. The molecule has 2 rings (SSSR count). The van der Waals surface area contributed by atoms with Crippen LogP contribution in [0.2, 0.25) is 0 Å². The van der Waals surface area contributed by atoms with E-state index in [9.17, 15) is 4.79 Å². The molecule has 6 nitrogen and oxygen atoms in total. The van der Waals surface area contributed by atoms with Gasteiger partial charge in [-0.15, -0.1) is 0 Å². The minimum Gasteiger partial charge on any atom is -0.354 e. The Labute approximate surface area is 104 Å². The summed E-state index contributed by atoms with van der Waals surface area (Å²) in [5.41, 5.74) is 2.17. The number of pyridine rings is 2. The number of anilines is 3. The summed E-state index contributed by atoms with van der Waals surface area (Å²) in [6.07, 6.45) is 6.64. The van der Waals surface area contributed by atoms with Crippen molar-refractivity contribution in [2.75, 3.05) is 10.6 Å². The molecule has 2 heterocycles. The van der Waals surface area contributed by atoms with Crippen molar-refractivity contribution < 1.29 is 4.79 Å². The van der Waals surface area contributed by atoms with Crippen molar-refractivity contribution in [3.8, 4) is 0 Å². The van der Waals surface area contributed by atoms with Crippen LogP contribution in [0.4, 0.5) is 17.2 Å². The van der Waals surface area contributed by atoms with Gasteiger partial charge in [-0.1, -0.05) is 0 Å². The first kappa shape index (κ1) is 11.7. The van der Waals surface area contributed by atoms with Crippen LogP contribution in [0.15, 0.2) is 36.8 Å². The second kappa shape index (κ2) is 5.53. The number of aromatic nitrogens is 2. The van der Waals surface area contributed by atoms with Crippen LogP contribution in [0.5, 0.6) is 0 Å². The van der Waals surface area contributed by atoms with E-state index < -0.39 is 0 Å². The second-order valence-electron chi connectivity index (χ2n) is 3.42. The number of carbonyl (C=O) groups is 1. The highest BCUT2D eigenvalue weighted by Gasteiger charge is 2.03. The van der Waals surface area contributed by atoms with Crippen LogP contribution in [0.1, 0.15) is 5.56 Å².